The molecular weight excluding hydrogens is 188 g/mol. The molecule has 2 atom stereocenters. The first-order valence-electron chi connectivity index (χ1n) is 4.09. The van der Waals surface area contributed by atoms with E-state index in [2.05, 4.69) is 0 Å². The molecule has 13 heavy (non-hydrogen) atoms. The number of carbonyl (C=O) groups excluding carboxylic acids is 1. The van der Waals surface area contributed by atoms with Gasteiger partial charge in [-0.3, -0.25) is 4.79 Å². The number of carbonyl (C=O) groups is 1. The molecule has 2 rings (SSSR count). The van der Waals surface area contributed by atoms with Crippen molar-refractivity contribution < 1.29 is 13.9 Å². The number of esters is 1. The predicted octanol–water partition coefficient (Wildman–Crippen LogP) is 2.27. The molecule has 3 nitrogen and oxygen atoms in total. The summed E-state index contributed by atoms with van der Waals surface area (Å²) in [6, 6.07) is 3.71. The van der Waals surface area contributed by atoms with E-state index >= 15 is 0 Å². The molecule has 1 saturated heterocycles. The van der Waals surface area contributed by atoms with E-state index in [-0.39, 0.29) is 16.7 Å². The maximum Gasteiger partial charge on any atom is 0.320 e. The molecule has 0 N–H and O–H groups in total. The van der Waals surface area contributed by atoms with Crippen LogP contribution in [-0.4, -0.2) is 11.2 Å². The molecule has 70 valence electrons. The Bertz CT molecular complexity index is 331. The zero-order chi connectivity index (χ0) is 9.42. The molecule has 1 aliphatic rings. The third kappa shape index (κ3) is 1.58. The van der Waals surface area contributed by atoms with Crippen LogP contribution in [0.25, 0.3) is 0 Å². The molecule has 0 radical (unpaired) electrons. The predicted molar refractivity (Wildman–Crippen MR) is 49.3 cm³/mol. The summed E-state index contributed by atoms with van der Waals surface area (Å²) in [5.74, 6) is 1.40. The van der Waals surface area contributed by atoms with Gasteiger partial charge in [0, 0.05) is 0 Å². The van der Waals surface area contributed by atoms with E-state index < -0.39 is 0 Å². The van der Waals surface area contributed by atoms with Crippen molar-refractivity contribution in [3.63, 3.8) is 0 Å². The molecule has 0 bridgehead atoms. The number of rotatable bonds is 1. The molecule has 1 fully saturated rings. The Kier molecular flexibility index (Phi) is 2.07. The Hall–Kier alpha value is -0.900. The minimum atomic E-state index is -0.254. The number of thioether (sulfide) groups is 1. The van der Waals surface area contributed by atoms with Crippen molar-refractivity contribution in [2.45, 2.75) is 24.5 Å². The lowest BCUT2D eigenvalue weighted by atomic mass is 10.4. The third-order valence-electron chi connectivity index (χ3n) is 1.88. The van der Waals surface area contributed by atoms with Crippen LogP contribution in [0.5, 0.6) is 0 Å². The van der Waals surface area contributed by atoms with Gasteiger partial charge in [-0.2, -0.15) is 0 Å². The highest BCUT2D eigenvalue weighted by atomic mass is 32.2. The Morgan fingerprint density at radius 3 is 2.69 bits per heavy atom. The molecule has 0 aromatic carbocycles. The van der Waals surface area contributed by atoms with Gasteiger partial charge in [0.15, 0.2) is 5.76 Å². The molecule has 0 spiro atoms. The van der Waals surface area contributed by atoms with Crippen LogP contribution >= 0.6 is 11.8 Å². The monoisotopic (exact) mass is 198 g/mol. The average Bonchev–Trinajstić information content (AvgIpc) is 2.61. The molecule has 0 aliphatic carbocycles. The van der Waals surface area contributed by atoms with Crippen molar-refractivity contribution in [3.8, 4) is 0 Å². The number of hydrogen-bond acceptors (Lipinski definition) is 4. The number of aryl methyl sites for hydroxylation is 1. The standard InChI is InChI=1S/C9H10O3S/c1-5-3-4-7(11-5)9-12-8(10)6(2)13-9/h3-4,6,9H,1-2H3. The highest BCUT2D eigenvalue weighted by Crippen LogP contribution is 2.40. The zero-order valence-corrected chi connectivity index (χ0v) is 8.26. The summed E-state index contributed by atoms with van der Waals surface area (Å²) < 4.78 is 10.5. The lowest BCUT2D eigenvalue weighted by molar-refractivity contribution is -0.142. The second-order valence-corrected chi connectivity index (χ2v) is 4.40. The first kappa shape index (κ1) is 8.69. The number of hydrogen-bond donors (Lipinski definition) is 0. The lowest BCUT2D eigenvalue weighted by Gasteiger charge is -2.02. The van der Waals surface area contributed by atoms with Gasteiger partial charge < -0.3 is 9.15 Å². The van der Waals surface area contributed by atoms with E-state index in [1.807, 2.05) is 26.0 Å². The Balaban J connectivity index is 2.16. The molecular formula is C9H10O3S. The lowest BCUT2D eigenvalue weighted by Crippen LogP contribution is -2.06. The summed E-state index contributed by atoms with van der Waals surface area (Å²) in [6.45, 7) is 3.71. The van der Waals surface area contributed by atoms with Crippen LogP contribution in [-0.2, 0) is 9.53 Å². The quantitative estimate of drug-likeness (QED) is 0.649. The minimum Gasteiger partial charge on any atom is -0.461 e. The summed E-state index contributed by atoms with van der Waals surface area (Å²) in [5, 5.41) is -0.0876. The minimum absolute atomic E-state index is 0.0876. The summed E-state index contributed by atoms with van der Waals surface area (Å²) in [6.07, 6.45) is 0. The first-order chi connectivity index (χ1) is 6.16. The van der Waals surface area contributed by atoms with Gasteiger partial charge in [-0.1, -0.05) is 11.8 Å². The van der Waals surface area contributed by atoms with Crippen molar-refractivity contribution >= 4 is 17.7 Å². The van der Waals surface area contributed by atoms with Crippen molar-refractivity contribution in [1.29, 1.82) is 0 Å². The van der Waals surface area contributed by atoms with E-state index in [9.17, 15) is 4.79 Å². The van der Waals surface area contributed by atoms with Crippen molar-refractivity contribution in [3.05, 3.63) is 23.7 Å². The van der Waals surface area contributed by atoms with E-state index in [1.54, 1.807) is 0 Å². The molecule has 1 aromatic heterocycles. The Labute approximate surface area is 80.4 Å². The fourth-order valence-corrected chi connectivity index (χ4v) is 2.12. The normalized spacial score (nSPS) is 27.7. The molecule has 4 heteroatoms. The maximum atomic E-state index is 11.1. The second-order valence-electron chi connectivity index (χ2n) is 3.00. The van der Waals surface area contributed by atoms with E-state index in [0.29, 0.717) is 0 Å². The van der Waals surface area contributed by atoms with Crippen LogP contribution in [0.15, 0.2) is 16.5 Å². The molecule has 2 heterocycles. The van der Waals surface area contributed by atoms with Crippen molar-refractivity contribution in [2.24, 2.45) is 0 Å². The van der Waals surface area contributed by atoms with Gasteiger partial charge >= 0.3 is 5.97 Å². The van der Waals surface area contributed by atoms with Gasteiger partial charge in [0.05, 0.1) is 0 Å². The molecule has 1 aliphatic heterocycles. The van der Waals surface area contributed by atoms with Gasteiger partial charge in [-0.25, -0.2) is 0 Å². The summed E-state index contributed by atoms with van der Waals surface area (Å²) in [7, 11) is 0. The molecule has 0 saturated carbocycles. The Morgan fingerprint density at radius 2 is 2.23 bits per heavy atom. The van der Waals surface area contributed by atoms with Gasteiger partial charge in [-0.15, -0.1) is 0 Å². The van der Waals surface area contributed by atoms with Crippen LogP contribution in [0, 0.1) is 6.92 Å². The second kappa shape index (κ2) is 3.10. The van der Waals surface area contributed by atoms with Crippen molar-refractivity contribution in [2.75, 3.05) is 0 Å². The van der Waals surface area contributed by atoms with Gasteiger partial charge in [0.25, 0.3) is 0 Å². The van der Waals surface area contributed by atoms with Gasteiger partial charge in [-0.05, 0) is 26.0 Å². The summed E-state index contributed by atoms with van der Waals surface area (Å²) in [5.41, 5.74) is -0.254. The zero-order valence-electron chi connectivity index (χ0n) is 7.44. The van der Waals surface area contributed by atoms with Crippen LogP contribution < -0.4 is 0 Å². The van der Waals surface area contributed by atoms with Crippen LogP contribution in [0.1, 0.15) is 23.9 Å². The fourth-order valence-electron chi connectivity index (χ4n) is 1.18. The van der Waals surface area contributed by atoms with E-state index in [0.717, 1.165) is 11.5 Å². The van der Waals surface area contributed by atoms with Crippen LogP contribution in [0.4, 0.5) is 0 Å². The van der Waals surface area contributed by atoms with E-state index in [1.165, 1.54) is 11.8 Å². The largest absolute Gasteiger partial charge is 0.461 e. The van der Waals surface area contributed by atoms with Crippen LogP contribution in [0.3, 0.4) is 0 Å². The summed E-state index contributed by atoms with van der Waals surface area (Å²) in [4.78, 5) is 11.1. The molecule has 2 unspecified atom stereocenters. The molecule has 1 aromatic rings. The van der Waals surface area contributed by atoms with Gasteiger partial charge in [0.2, 0.25) is 5.44 Å². The number of furan rings is 1. The molecule has 0 amide bonds. The summed E-state index contributed by atoms with van der Waals surface area (Å²) >= 11 is 1.47. The average molecular weight is 198 g/mol. The van der Waals surface area contributed by atoms with Crippen molar-refractivity contribution in [1.82, 2.24) is 0 Å². The highest BCUT2D eigenvalue weighted by Gasteiger charge is 2.34. The topological polar surface area (TPSA) is 39.4 Å². The fraction of sp³-hybridized carbons (Fsp3) is 0.444. The van der Waals surface area contributed by atoms with Crippen LogP contribution in [0.2, 0.25) is 0 Å². The smallest absolute Gasteiger partial charge is 0.320 e. The Morgan fingerprint density at radius 1 is 1.46 bits per heavy atom. The number of ether oxygens (including phenoxy) is 1. The van der Waals surface area contributed by atoms with Gasteiger partial charge in [0.1, 0.15) is 11.0 Å². The SMILES string of the molecule is Cc1ccc(C2OC(=O)C(C)S2)o1. The number of cyclic esters (lactones) is 1. The third-order valence-corrected chi connectivity index (χ3v) is 3.05. The first-order valence-corrected chi connectivity index (χ1v) is 5.03. The maximum absolute atomic E-state index is 11.1. The highest BCUT2D eigenvalue weighted by molar-refractivity contribution is 8.01. The van der Waals surface area contributed by atoms with E-state index in [4.69, 9.17) is 9.15 Å².